The minimum Gasteiger partial charge on any atom is -0.457 e. The Kier molecular flexibility index (Phi) is 10.6. The maximum atomic E-state index is 11.6. The van der Waals surface area contributed by atoms with Crippen molar-refractivity contribution in [2.24, 2.45) is 5.92 Å². The van der Waals surface area contributed by atoms with E-state index in [0.717, 1.165) is 50.1 Å². The quantitative estimate of drug-likeness (QED) is 0.168. The summed E-state index contributed by atoms with van der Waals surface area (Å²) in [6.07, 6.45) is 11.0. The summed E-state index contributed by atoms with van der Waals surface area (Å²) < 4.78 is 5.80. The van der Waals surface area contributed by atoms with Gasteiger partial charge in [-0.15, -0.1) is 0 Å². The Morgan fingerprint density at radius 3 is 2.63 bits per heavy atom. The van der Waals surface area contributed by atoms with Crippen LogP contribution in [0.4, 0.5) is 11.6 Å². The lowest BCUT2D eigenvalue weighted by molar-refractivity contribution is -0.116. The molecule has 0 aliphatic carbocycles. The van der Waals surface area contributed by atoms with E-state index >= 15 is 0 Å². The van der Waals surface area contributed by atoms with E-state index < -0.39 is 0 Å². The van der Waals surface area contributed by atoms with Crippen molar-refractivity contribution in [2.75, 3.05) is 44.3 Å². The van der Waals surface area contributed by atoms with Crippen LogP contribution in [0.2, 0.25) is 0 Å². The number of piperidine rings is 1. The standard InChI is InChI=1S/C29H35N7O2/c1-4-7-24(5-2)38-25-11-9-22(10-12-25)26-27(31)34-20-35-28(26)33-19-21-13-16-36(17-14-21)15-6-8-23(18-30)29(37)32-3/h4-5,7-12,20-21H,1-2,6,13-17,19H2,3H3,(H,32,37)(H3,31,33,34,35)/b23-8-,24-7+. The minimum atomic E-state index is -0.339. The molecule has 9 nitrogen and oxygen atoms in total. The molecule has 2 aromatic rings. The summed E-state index contributed by atoms with van der Waals surface area (Å²) in [4.78, 5) is 22.7. The number of nitrogens with two attached hydrogens (primary N) is 1. The average molecular weight is 514 g/mol. The maximum absolute atomic E-state index is 11.6. The fourth-order valence-electron chi connectivity index (χ4n) is 4.27. The number of likely N-dealkylation sites (tertiary alicyclic amines) is 1. The fraction of sp³-hybridized carbons (Fsp3) is 0.310. The van der Waals surface area contributed by atoms with Gasteiger partial charge in [0.15, 0.2) is 0 Å². The molecule has 0 spiro atoms. The molecule has 1 saturated heterocycles. The van der Waals surface area contributed by atoms with E-state index in [9.17, 15) is 4.79 Å². The zero-order valence-corrected chi connectivity index (χ0v) is 21.8. The van der Waals surface area contributed by atoms with Crippen LogP contribution in [0.5, 0.6) is 5.75 Å². The highest BCUT2D eigenvalue weighted by atomic mass is 16.5. The molecule has 0 unspecified atom stereocenters. The van der Waals surface area contributed by atoms with E-state index in [1.165, 1.54) is 13.4 Å². The van der Waals surface area contributed by atoms with Gasteiger partial charge in [0, 0.05) is 20.1 Å². The largest absolute Gasteiger partial charge is 0.457 e. The topological polar surface area (TPSA) is 129 Å². The van der Waals surface area contributed by atoms with Gasteiger partial charge < -0.3 is 26.0 Å². The predicted octanol–water partition coefficient (Wildman–Crippen LogP) is 4.07. The highest BCUT2D eigenvalue weighted by Crippen LogP contribution is 2.32. The second-order valence-corrected chi connectivity index (χ2v) is 8.88. The van der Waals surface area contributed by atoms with Crippen LogP contribution in [0.25, 0.3) is 11.1 Å². The number of hydrogen-bond acceptors (Lipinski definition) is 8. The number of carbonyl (C=O) groups is 1. The lowest BCUT2D eigenvalue weighted by Crippen LogP contribution is -2.36. The van der Waals surface area contributed by atoms with Crippen LogP contribution >= 0.6 is 0 Å². The minimum absolute atomic E-state index is 0.166. The van der Waals surface area contributed by atoms with Crippen LogP contribution in [0.1, 0.15) is 19.3 Å². The van der Waals surface area contributed by atoms with E-state index in [4.69, 9.17) is 15.7 Å². The zero-order chi connectivity index (χ0) is 27.3. The highest BCUT2D eigenvalue weighted by molar-refractivity contribution is 5.96. The number of nitrogen functional groups attached to an aromatic ring is 1. The molecule has 1 aromatic carbocycles. The molecule has 3 rings (SSSR count). The van der Waals surface area contributed by atoms with Gasteiger partial charge in [-0.3, -0.25) is 4.79 Å². The second-order valence-electron chi connectivity index (χ2n) is 8.88. The summed E-state index contributed by atoms with van der Waals surface area (Å²) >= 11 is 0. The number of anilines is 2. The number of ether oxygens (including phenoxy) is 1. The van der Waals surface area contributed by atoms with Crippen molar-refractivity contribution < 1.29 is 9.53 Å². The van der Waals surface area contributed by atoms with Crippen molar-refractivity contribution in [1.29, 1.82) is 5.26 Å². The van der Waals surface area contributed by atoms with Gasteiger partial charge in [0.05, 0.1) is 5.56 Å². The predicted molar refractivity (Wildman–Crippen MR) is 151 cm³/mol. The van der Waals surface area contributed by atoms with Gasteiger partial charge in [-0.2, -0.15) is 5.26 Å². The van der Waals surface area contributed by atoms with Crippen molar-refractivity contribution in [1.82, 2.24) is 20.2 Å². The van der Waals surface area contributed by atoms with Crippen LogP contribution < -0.4 is 21.1 Å². The number of nitrogens with zero attached hydrogens (tertiary/aromatic N) is 4. The molecule has 38 heavy (non-hydrogen) atoms. The van der Waals surface area contributed by atoms with Crippen LogP contribution in [-0.2, 0) is 4.79 Å². The normalized spacial score (nSPS) is 14.8. The van der Waals surface area contributed by atoms with Crippen LogP contribution in [0.15, 0.2) is 79.4 Å². The number of amides is 1. The number of nitrogens with one attached hydrogen (secondary N) is 2. The van der Waals surface area contributed by atoms with Gasteiger partial charge in [-0.05, 0) is 68.1 Å². The zero-order valence-electron chi connectivity index (χ0n) is 21.8. The SMILES string of the molecule is C=C/C=C(\C=C)Oc1ccc(-c2c(N)ncnc2NCC2CCN(CC/C=C(/C#N)C(=O)NC)CC2)cc1. The molecule has 1 amide bonds. The van der Waals surface area contributed by atoms with E-state index in [2.05, 4.69) is 38.7 Å². The Balaban J connectivity index is 1.56. The first kappa shape index (κ1) is 28.2. The third-order valence-electron chi connectivity index (χ3n) is 6.39. The first-order chi connectivity index (χ1) is 18.5. The molecule has 0 radical (unpaired) electrons. The molecule has 198 valence electrons. The van der Waals surface area contributed by atoms with E-state index in [1.54, 1.807) is 24.3 Å². The molecule has 0 atom stereocenters. The van der Waals surface area contributed by atoms with Crippen LogP contribution in [-0.4, -0.2) is 54.0 Å². The highest BCUT2D eigenvalue weighted by Gasteiger charge is 2.20. The number of nitriles is 1. The van der Waals surface area contributed by atoms with Crippen LogP contribution in [0.3, 0.4) is 0 Å². The Hall–Kier alpha value is -4.42. The number of rotatable bonds is 12. The molecule has 0 bridgehead atoms. The van der Waals surface area contributed by atoms with Gasteiger partial charge >= 0.3 is 0 Å². The third kappa shape index (κ3) is 7.79. The van der Waals surface area contributed by atoms with Crippen molar-refractivity contribution in [2.45, 2.75) is 19.3 Å². The number of hydrogen-bond donors (Lipinski definition) is 3. The smallest absolute Gasteiger partial charge is 0.261 e. The molecule has 1 fully saturated rings. The monoisotopic (exact) mass is 513 g/mol. The number of likely N-dealkylation sites (N-methyl/N-ethyl adjacent to an activating group) is 1. The Labute approximate surface area is 224 Å². The number of benzene rings is 1. The molecule has 2 heterocycles. The lowest BCUT2D eigenvalue weighted by Gasteiger charge is -2.32. The first-order valence-corrected chi connectivity index (χ1v) is 12.6. The van der Waals surface area contributed by atoms with Crippen LogP contribution in [0, 0.1) is 17.2 Å². The van der Waals surface area contributed by atoms with Crippen molar-refractivity contribution in [3.63, 3.8) is 0 Å². The Morgan fingerprint density at radius 1 is 1.26 bits per heavy atom. The van der Waals surface area contributed by atoms with Gasteiger partial charge in [-0.25, -0.2) is 9.97 Å². The summed E-state index contributed by atoms with van der Waals surface area (Å²) in [5, 5.41) is 15.1. The number of aromatic nitrogens is 2. The molecule has 0 saturated carbocycles. The second kappa shape index (κ2) is 14.4. The lowest BCUT2D eigenvalue weighted by atomic mass is 9.96. The van der Waals surface area contributed by atoms with E-state index in [0.29, 0.717) is 35.5 Å². The molecule has 1 aliphatic heterocycles. The number of carbonyl (C=O) groups excluding carboxylic acids is 1. The molecular weight excluding hydrogens is 478 g/mol. The molecular formula is C29H35N7O2. The summed E-state index contributed by atoms with van der Waals surface area (Å²) in [6.45, 7) is 11.0. The Bertz CT molecular complexity index is 1220. The summed E-state index contributed by atoms with van der Waals surface area (Å²) in [7, 11) is 1.53. The molecule has 4 N–H and O–H groups in total. The van der Waals surface area contributed by atoms with Gasteiger partial charge in [0.1, 0.15) is 41.1 Å². The molecule has 1 aliphatic rings. The van der Waals surface area contributed by atoms with Gasteiger partial charge in [0.2, 0.25) is 0 Å². The molecule has 9 heteroatoms. The average Bonchev–Trinajstić information content (AvgIpc) is 2.94. The molecule has 1 aromatic heterocycles. The van der Waals surface area contributed by atoms with E-state index in [-0.39, 0.29) is 11.5 Å². The summed E-state index contributed by atoms with van der Waals surface area (Å²) in [6, 6.07) is 9.55. The van der Waals surface area contributed by atoms with Gasteiger partial charge in [-0.1, -0.05) is 37.4 Å². The fourth-order valence-corrected chi connectivity index (χ4v) is 4.27. The Morgan fingerprint density at radius 2 is 2.00 bits per heavy atom. The third-order valence-corrected chi connectivity index (χ3v) is 6.39. The van der Waals surface area contributed by atoms with E-state index in [1.807, 2.05) is 30.3 Å². The number of allylic oxidation sites excluding steroid dienone is 3. The summed E-state index contributed by atoms with van der Waals surface area (Å²) in [5.74, 6) is 2.55. The maximum Gasteiger partial charge on any atom is 0.261 e. The van der Waals surface area contributed by atoms with Gasteiger partial charge in [0.25, 0.3) is 5.91 Å². The first-order valence-electron chi connectivity index (χ1n) is 12.6. The van der Waals surface area contributed by atoms with Crippen molar-refractivity contribution in [3.05, 3.63) is 79.4 Å². The van der Waals surface area contributed by atoms with Crippen molar-refractivity contribution in [3.8, 4) is 22.9 Å². The van der Waals surface area contributed by atoms with Crippen molar-refractivity contribution >= 4 is 17.5 Å². The summed E-state index contributed by atoms with van der Waals surface area (Å²) in [5.41, 5.74) is 8.07.